The fourth-order valence-electron chi connectivity index (χ4n) is 3.77. The quantitative estimate of drug-likeness (QED) is 0.661. The van der Waals surface area contributed by atoms with Gasteiger partial charge in [-0.25, -0.2) is 15.0 Å². The largest absolute Gasteiger partial charge is 0.487 e. The molecule has 13 heteroatoms. The van der Waals surface area contributed by atoms with Gasteiger partial charge >= 0.3 is 6.18 Å². The van der Waals surface area contributed by atoms with E-state index in [-0.39, 0.29) is 30.4 Å². The van der Waals surface area contributed by atoms with Crippen molar-refractivity contribution in [1.82, 2.24) is 19.9 Å². The van der Waals surface area contributed by atoms with Crippen LogP contribution in [0.3, 0.4) is 0 Å². The second kappa shape index (κ2) is 8.28. The number of anilines is 3. The second-order valence-corrected chi connectivity index (χ2v) is 8.34. The minimum absolute atomic E-state index is 0.0247. The number of methoxy groups -OCH3 is 1. The number of hydrogen-bond donors (Lipinski definition) is 2. The number of aryl methyl sites for hydroxylation is 1. The summed E-state index contributed by atoms with van der Waals surface area (Å²) in [6.07, 6.45) is -1.52. The molecule has 1 saturated carbocycles. The van der Waals surface area contributed by atoms with E-state index in [9.17, 15) is 18.0 Å². The number of carbonyl (C=O) groups excluding carboxylic acids is 1. The van der Waals surface area contributed by atoms with Crippen molar-refractivity contribution in [2.45, 2.75) is 50.6 Å². The third-order valence-electron chi connectivity index (χ3n) is 5.89. The Labute approximate surface area is 187 Å². The SMILES string of the molecule is COC[C@@]1(C)C(=O)Nc2c(C)nc(N[C@H]3C[C@H](Oc4cnc(C(F)(F)F)nc4)C3)nc2N1C. The highest BCUT2D eigenvalue weighted by Crippen LogP contribution is 2.37. The fourth-order valence-corrected chi connectivity index (χ4v) is 3.77. The molecule has 0 spiro atoms. The molecule has 2 aliphatic rings. The lowest BCUT2D eigenvalue weighted by Gasteiger charge is -2.42. The molecule has 0 bridgehead atoms. The van der Waals surface area contributed by atoms with E-state index in [0.29, 0.717) is 36.0 Å². The zero-order valence-corrected chi connectivity index (χ0v) is 18.5. The number of alkyl halides is 3. The number of nitrogens with zero attached hydrogens (tertiary/aromatic N) is 5. The molecule has 0 unspecified atom stereocenters. The summed E-state index contributed by atoms with van der Waals surface area (Å²) in [5.74, 6) is -0.223. The van der Waals surface area contributed by atoms with Gasteiger partial charge in [-0.15, -0.1) is 0 Å². The van der Waals surface area contributed by atoms with E-state index in [1.807, 2.05) is 0 Å². The molecular weight excluding hydrogens is 443 g/mol. The molecule has 1 aliphatic carbocycles. The Morgan fingerprint density at radius 1 is 1.27 bits per heavy atom. The highest BCUT2D eigenvalue weighted by atomic mass is 19.4. The van der Waals surface area contributed by atoms with Gasteiger partial charge in [-0.3, -0.25) is 4.79 Å². The summed E-state index contributed by atoms with van der Waals surface area (Å²) in [4.78, 5) is 30.0. The van der Waals surface area contributed by atoms with E-state index < -0.39 is 17.5 Å². The third-order valence-corrected chi connectivity index (χ3v) is 5.89. The van der Waals surface area contributed by atoms with Gasteiger partial charge in [-0.2, -0.15) is 18.2 Å². The highest BCUT2D eigenvalue weighted by molar-refractivity contribution is 6.06. The van der Waals surface area contributed by atoms with Crippen molar-refractivity contribution in [3.05, 3.63) is 23.9 Å². The topological polar surface area (TPSA) is 114 Å². The molecule has 3 heterocycles. The maximum atomic E-state index is 12.6. The first-order chi connectivity index (χ1) is 15.5. The van der Waals surface area contributed by atoms with Gasteiger partial charge in [0.2, 0.25) is 11.8 Å². The second-order valence-electron chi connectivity index (χ2n) is 8.34. The van der Waals surface area contributed by atoms with Crippen molar-refractivity contribution in [1.29, 1.82) is 0 Å². The zero-order chi connectivity index (χ0) is 24.0. The van der Waals surface area contributed by atoms with Crippen molar-refractivity contribution < 1.29 is 27.4 Å². The number of ether oxygens (including phenoxy) is 2. The number of fused-ring (bicyclic) bond motifs is 1. The first-order valence-electron chi connectivity index (χ1n) is 10.3. The highest BCUT2D eigenvalue weighted by Gasteiger charge is 2.44. The molecular formula is C20H24F3N7O3. The minimum atomic E-state index is -4.59. The van der Waals surface area contributed by atoms with Gasteiger partial charge in [0.15, 0.2) is 11.6 Å². The molecule has 2 aromatic rings. The van der Waals surface area contributed by atoms with Crippen molar-refractivity contribution in [2.75, 3.05) is 36.3 Å². The number of rotatable bonds is 6. The number of likely N-dealkylation sites (N-methyl/N-ethyl adjacent to an activating group) is 1. The third kappa shape index (κ3) is 4.36. The van der Waals surface area contributed by atoms with Gasteiger partial charge in [-0.05, 0) is 13.8 Å². The Bertz CT molecular complexity index is 1040. The standard InChI is InChI=1S/C20H24F3N7O3/c1-10-14-15(30(3)19(2,9-32-4)17(31)28-14)29-18(26-10)27-11-5-12(6-11)33-13-7-24-16(25-8-13)20(21,22)23/h7-8,11-12H,5-6,9H2,1-4H3,(H,28,31)(H,26,27,29)/t11-,12-,19-/m0/s1. The first kappa shape index (κ1) is 23.0. The lowest BCUT2D eigenvalue weighted by atomic mass is 9.89. The van der Waals surface area contributed by atoms with E-state index in [0.717, 1.165) is 12.4 Å². The molecule has 10 nitrogen and oxygen atoms in total. The first-order valence-corrected chi connectivity index (χ1v) is 10.3. The Balaban J connectivity index is 1.39. The van der Waals surface area contributed by atoms with Crippen LogP contribution in [0, 0.1) is 6.92 Å². The summed E-state index contributed by atoms with van der Waals surface area (Å²) < 4.78 is 48.6. The molecule has 2 aromatic heterocycles. The van der Waals surface area contributed by atoms with Gasteiger partial charge < -0.3 is 25.0 Å². The summed E-state index contributed by atoms with van der Waals surface area (Å²) in [6, 6.07) is 0.0247. The average molecular weight is 467 g/mol. The van der Waals surface area contributed by atoms with Crippen LogP contribution in [0.25, 0.3) is 0 Å². The zero-order valence-electron chi connectivity index (χ0n) is 18.5. The molecule has 178 valence electrons. The Morgan fingerprint density at radius 2 is 1.94 bits per heavy atom. The molecule has 0 radical (unpaired) electrons. The molecule has 1 amide bonds. The number of hydrogen-bond acceptors (Lipinski definition) is 9. The summed E-state index contributed by atoms with van der Waals surface area (Å²) in [5.41, 5.74) is 0.258. The predicted molar refractivity (Wildman–Crippen MR) is 112 cm³/mol. The number of carbonyl (C=O) groups is 1. The molecule has 0 aromatic carbocycles. The summed E-state index contributed by atoms with van der Waals surface area (Å²) >= 11 is 0. The Kier molecular flexibility index (Phi) is 5.76. The van der Waals surface area contributed by atoms with E-state index >= 15 is 0 Å². The van der Waals surface area contributed by atoms with E-state index in [1.165, 1.54) is 7.11 Å². The van der Waals surface area contributed by atoms with Crippen LogP contribution in [0.4, 0.5) is 30.6 Å². The average Bonchev–Trinajstić information content (AvgIpc) is 2.72. The Morgan fingerprint density at radius 3 is 2.55 bits per heavy atom. The molecule has 1 fully saturated rings. The van der Waals surface area contributed by atoms with Crippen LogP contribution < -0.4 is 20.3 Å². The fraction of sp³-hybridized carbons (Fsp3) is 0.550. The molecule has 2 N–H and O–H groups in total. The van der Waals surface area contributed by atoms with Crippen LogP contribution in [-0.4, -0.2) is 64.3 Å². The van der Waals surface area contributed by atoms with Crippen molar-refractivity contribution >= 4 is 23.4 Å². The number of amides is 1. The number of nitrogens with one attached hydrogen (secondary N) is 2. The molecule has 4 rings (SSSR count). The smallest absolute Gasteiger partial charge is 0.451 e. The lowest BCUT2D eigenvalue weighted by molar-refractivity contribution is -0.145. The van der Waals surface area contributed by atoms with Crippen LogP contribution in [0.2, 0.25) is 0 Å². The summed E-state index contributed by atoms with van der Waals surface area (Å²) in [5, 5.41) is 6.13. The Hall–Kier alpha value is -3.22. The van der Waals surface area contributed by atoms with Crippen LogP contribution in [-0.2, 0) is 15.7 Å². The van der Waals surface area contributed by atoms with Gasteiger partial charge in [0.1, 0.15) is 17.3 Å². The van der Waals surface area contributed by atoms with Crippen molar-refractivity contribution in [3.63, 3.8) is 0 Å². The van der Waals surface area contributed by atoms with E-state index in [1.54, 1.807) is 25.8 Å². The predicted octanol–water partition coefficient (Wildman–Crippen LogP) is 2.41. The van der Waals surface area contributed by atoms with Crippen LogP contribution in [0.1, 0.15) is 31.3 Å². The lowest BCUT2D eigenvalue weighted by Crippen LogP contribution is -2.59. The molecule has 0 saturated heterocycles. The minimum Gasteiger partial charge on any atom is -0.487 e. The number of halogens is 3. The monoisotopic (exact) mass is 467 g/mol. The normalized spacial score (nSPS) is 24.6. The van der Waals surface area contributed by atoms with Gasteiger partial charge in [0.05, 0.1) is 24.7 Å². The van der Waals surface area contributed by atoms with Gasteiger partial charge in [0, 0.05) is 33.0 Å². The molecule has 1 aliphatic heterocycles. The van der Waals surface area contributed by atoms with Gasteiger partial charge in [-0.1, -0.05) is 0 Å². The van der Waals surface area contributed by atoms with Crippen LogP contribution in [0.15, 0.2) is 12.4 Å². The maximum absolute atomic E-state index is 12.6. The van der Waals surface area contributed by atoms with Crippen molar-refractivity contribution in [2.24, 2.45) is 0 Å². The van der Waals surface area contributed by atoms with Crippen LogP contribution >= 0.6 is 0 Å². The van der Waals surface area contributed by atoms with Gasteiger partial charge in [0.25, 0.3) is 5.91 Å². The maximum Gasteiger partial charge on any atom is 0.451 e. The molecule has 1 atom stereocenters. The summed E-state index contributed by atoms with van der Waals surface area (Å²) in [7, 11) is 3.32. The number of aromatic nitrogens is 4. The summed E-state index contributed by atoms with van der Waals surface area (Å²) in [6.45, 7) is 3.75. The van der Waals surface area contributed by atoms with E-state index in [4.69, 9.17) is 9.47 Å². The molecule has 33 heavy (non-hydrogen) atoms. The van der Waals surface area contributed by atoms with E-state index in [2.05, 4.69) is 30.6 Å². The van der Waals surface area contributed by atoms with Crippen LogP contribution in [0.5, 0.6) is 5.75 Å². The van der Waals surface area contributed by atoms with Crippen molar-refractivity contribution in [3.8, 4) is 5.75 Å².